The summed E-state index contributed by atoms with van der Waals surface area (Å²) in [5.74, 6) is -1.59. The molecule has 0 aromatic heterocycles. The van der Waals surface area contributed by atoms with Gasteiger partial charge in [0.25, 0.3) is 5.91 Å². The van der Waals surface area contributed by atoms with Gasteiger partial charge in [-0.25, -0.2) is 13.2 Å². The first-order chi connectivity index (χ1) is 12.5. The van der Waals surface area contributed by atoms with Gasteiger partial charge in [0.1, 0.15) is 0 Å². The third-order valence-corrected chi connectivity index (χ3v) is 5.71. The molecule has 1 amide bonds. The molecule has 0 unspecified atom stereocenters. The maximum Gasteiger partial charge on any atom is 0.340 e. The molecule has 6 nitrogen and oxygen atoms in total. The Bertz CT molecular complexity index is 1010. The number of ether oxygens (including phenoxy) is 1. The normalized spacial score (nSPS) is 12.3. The van der Waals surface area contributed by atoms with Crippen LogP contribution in [0, 0.1) is 0 Å². The molecular formula is C17H14Cl3NO5S. The van der Waals surface area contributed by atoms with E-state index in [0.29, 0.717) is 0 Å². The maximum absolute atomic E-state index is 12.3. The van der Waals surface area contributed by atoms with Crippen molar-refractivity contribution in [2.24, 2.45) is 0 Å². The smallest absolute Gasteiger partial charge is 0.340 e. The number of esters is 1. The van der Waals surface area contributed by atoms with Gasteiger partial charge in [-0.1, -0.05) is 40.9 Å². The number of carbonyl (C=O) groups excluding carboxylic acids is 2. The largest absolute Gasteiger partial charge is 0.449 e. The molecule has 144 valence electrons. The molecule has 2 rings (SSSR count). The first-order valence-corrected chi connectivity index (χ1v) is 10.5. The minimum atomic E-state index is -3.54. The molecule has 0 saturated heterocycles. The van der Waals surface area contributed by atoms with Gasteiger partial charge in [0, 0.05) is 6.26 Å². The molecule has 0 radical (unpaired) electrons. The fraction of sp³-hybridized carbons (Fsp3) is 0.176. The number of hydrogen-bond donors (Lipinski definition) is 1. The zero-order chi connectivity index (χ0) is 20.4. The fourth-order valence-corrected chi connectivity index (χ4v) is 3.19. The van der Waals surface area contributed by atoms with E-state index in [1.54, 1.807) is 12.1 Å². The lowest BCUT2D eigenvalue weighted by atomic mass is 10.2. The average Bonchev–Trinajstić information content (AvgIpc) is 2.58. The minimum Gasteiger partial charge on any atom is -0.449 e. The molecule has 10 heteroatoms. The summed E-state index contributed by atoms with van der Waals surface area (Å²) in [6, 6.07) is 8.32. The van der Waals surface area contributed by atoms with Crippen LogP contribution in [0.1, 0.15) is 17.3 Å². The zero-order valence-corrected chi connectivity index (χ0v) is 17.2. The molecular weight excluding hydrogens is 437 g/mol. The highest BCUT2D eigenvalue weighted by atomic mass is 35.5. The molecule has 0 aliphatic carbocycles. The Balaban J connectivity index is 2.15. The number of anilines is 1. The monoisotopic (exact) mass is 449 g/mol. The molecule has 0 spiro atoms. The number of halogens is 3. The van der Waals surface area contributed by atoms with Crippen molar-refractivity contribution < 1.29 is 22.7 Å². The van der Waals surface area contributed by atoms with E-state index in [2.05, 4.69) is 5.32 Å². The highest BCUT2D eigenvalue weighted by molar-refractivity contribution is 7.90. The van der Waals surface area contributed by atoms with Crippen molar-refractivity contribution in [2.75, 3.05) is 11.6 Å². The summed E-state index contributed by atoms with van der Waals surface area (Å²) in [6.07, 6.45) is -0.207. The standard InChI is InChI=1S/C17H14Cl3NO5S/c1-9(16(22)21-14-5-3-4-13(19)15(14)20)26-17(23)11-8-10(27(2,24)25)6-7-12(11)18/h3-9H,1-2H3,(H,21,22)/t9-/m1/s1. The van der Waals surface area contributed by atoms with Gasteiger partial charge in [0.15, 0.2) is 15.9 Å². The Hall–Kier alpha value is -1.80. The van der Waals surface area contributed by atoms with E-state index in [0.717, 1.165) is 12.3 Å². The molecule has 27 heavy (non-hydrogen) atoms. The van der Waals surface area contributed by atoms with Crippen LogP contribution >= 0.6 is 34.8 Å². The van der Waals surface area contributed by atoms with Crippen LogP contribution in [0.25, 0.3) is 0 Å². The predicted molar refractivity (Wildman–Crippen MR) is 105 cm³/mol. The van der Waals surface area contributed by atoms with E-state index in [1.807, 2.05) is 0 Å². The SMILES string of the molecule is C[C@@H](OC(=O)c1cc(S(C)(=O)=O)ccc1Cl)C(=O)Nc1cccc(Cl)c1Cl. The van der Waals surface area contributed by atoms with E-state index >= 15 is 0 Å². The molecule has 0 saturated carbocycles. The zero-order valence-electron chi connectivity index (χ0n) is 14.1. The van der Waals surface area contributed by atoms with Gasteiger partial charge < -0.3 is 10.1 Å². The summed E-state index contributed by atoms with van der Waals surface area (Å²) in [6.45, 7) is 1.35. The van der Waals surface area contributed by atoms with E-state index in [9.17, 15) is 18.0 Å². The van der Waals surface area contributed by atoms with Crippen LogP contribution in [-0.4, -0.2) is 32.7 Å². The third-order valence-electron chi connectivity index (χ3n) is 3.45. The predicted octanol–water partition coefficient (Wildman–Crippen LogP) is 4.23. The first-order valence-electron chi connectivity index (χ1n) is 7.46. The highest BCUT2D eigenvalue weighted by Crippen LogP contribution is 2.29. The summed E-state index contributed by atoms with van der Waals surface area (Å²) in [7, 11) is -3.54. The number of rotatable bonds is 5. The van der Waals surface area contributed by atoms with Crippen LogP contribution in [0.4, 0.5) is 5.69 Å². The van der Waals surface area contributed by atoms with Gasteiger partial charge in [-0.15, -0.1) is 0 Å². The van der Waals surface area contributed by atoms with Crippen LogP contribution in [0.5, 0.6) is 0 Å². The number of nitrogens with one attached hydrogen (secondary N) is 1. The second-order valence-electron chi connectivity index (χ2n) is 5.55. The van der Waals surface area contributed by atoms with Crippen LogP contribution in [0.15, 0.2) is 41.3 Å². The second-order valence-corrected chi connectivity index (χ2v) is 8.76. The summed E-state index contributed by atoms with van der Waals surface area (Å²) in [4.78, 5) is 24.4. The van der Waals surface area contributed by atoms with Crippen molar-refractivity contribution in [3.05, 3.63) is 57.0 Å². The van der Waals surface area contributed by atoms with Gasteiger partial charge >= 0.3 is 5.97 Å². The van der Waals surface area contributed by atoms with Gasteiger partial charge in [0.2, 0.25) is 0 Å². The molecule has 2 aromatic carbocycles. The van der Waals surface area contributed by atoms with Gasteiger partial charge in [-0.2, -0.15) is 0 Å². The summed E-state index contributed by atoms with van der Waals surface area (Å²) >= 11 is 17.8. The van der Waals surface area contributed by atoms with Crippen LogP contribution in [0.3, 0.4) is 0 Å². The Morgan fingerprint density at radius 1 is 1.07 bits per heavy atom. The Morgan fingerprint density at radius 3 is 2.37 bits per heavy atom. The van der Waals surface area contributed by atoms with Crippen LogP contribution < -0.4 is 5.32 Å². The van der Waals surface area contributed by atoms with Crippen molar-refractivity contribution in [2.45, 2.75) is 17.9 Å². The lowest BCUT2D eigenvalue weighted by Gasteiger charge is -2.15. The van der Waals surface area contributed by atoms with Crippen LogP contribution in [-0.2, 0) is 19.4 Å². The molecule has 0 fully saturated rings. The molecule has 0 aliphatic rings. The first kappa shape index (κ1) is 21.5. The summed E-state index contributed by atoms with van der Waals surface area (Å²) in [5, 5.41) is 2.90. The highest BCUT2D eigenvalue weighted by Gasteiger charge is 2.23. The quantitative estimate of drug-likeness (QED) is 0.688. The fourth-order valence-electron chi connectivity index (χ4n) is 2.00. The van der Waals surface area contributed by atoms with Crippen molar-refractivity contribution in [3.63, 3.8) is 0 Å². The van der Waals surface area contributed by atoms with Gasteiger partial charge in [-0.3, -0.25) is 4.79 Å². The van der Waals surface area contributed by atoms with Crippen molar-refractivity contribution in [1.82, 2.24) is 0 Å². The number of benzene rings is 2. The lowest BCUT2D eigenvalue weighted by molar-refractivity contribution is -0.123. The topological polar surface area (TPSA) is 89.5 Å². The molecule has 2 aromatic rings. The van der Waals surface area contributed by atoms with E-state index in [-0.39, 0.29) is 31.2 Å². The molecule has 1 atom stereocenters. The summed E-state index contributed by atoms with van der Waals surface area (Å²) in [5.41, 5.74) is 0.0919. The Labute approximate surface area is 171 Å². The van der Waals surface area contributed by atoms with Crippen molar-refractivity contribution in [1.29, 1.82) is 0 Å². The second kappa shape index (κ2) is 8.48. The van der Waals surface area contributed by atoms with Gasteiger partial charge in [0.05, 0.1) is 31.2 Å². The van der Waals surface area contributed by atoms with Gasteiger partial charge in [-0.05, 0) is 37.3 Å². The van der Waals surface area contributed by atoms with E-state index in [4.69, 9.17) is 39.5 Å². The minimum absolute atomic E-state index is 0.00195. The molecule has 0 heterocycles. The summed E-state index contributed by atoms with van der Waals surface area (Å²) < 4.78 is 28.3. The Morgan fingerprint density at radius 2 is 1.74 bits per heavy atom. The molecule has 1 N–H and O–H groups in total. The Kier molecular flexibility index (Phi) is 6.75. The van der Waals surface area contributed by atoms with E-state index in [1.165, 1.54) is 25.1 Å². The maximum atomic E-state index is 12.3. The van der Waals surface area contributed by atoms with Crippen molar-refractivity contribution >= 4 is 62.2 Å². The molecule has 0 bridgehead atoms. The van der Waals surface area contributed by atoms with Crippen molar-refractivity contribution in [3.8, 4) is 0 Å². The average molecular weight is 451 g/mol. The number of carbonyl (C=O) groups is 2. The number of hydrogen-bond acceptors (Lipinski definition) is 5. The third kappa shape index (κ3) is 5.35. The van der Waals surface area contributed by atoms with Crippen LogP contribution in [0.2, 0.25) is 15.1 Å². The van der Waals surface area contributed by atoms with E-state index < -0.39 is 27.8 Å². The lowest BCUT2D eigenvalue weighted by Crippen LogP contribution is -2.30. The number of sulfone groups is 1. The molecule has 0 aliphatic heterocycles. The number of amides is 1.